The van der Waals surface area contributed by atoms with Crippen LogP contribution in [0, 0.1) is 6.92 Å². The smallest absolute Gasteiger partial charge is 0.222 e. The summed E-state index contributed by atoms with van der Waals surface area (Å²) in [6.45, 7) is 6.01. The monoisotopic (exact) mass is 223 g/mol. The summed E-state index contributed by atoms with van der Waals surface area (Å²) in [5.41, 5.74) is 1.06. The van der Waals surface area contributed by atoms with Gasteiger partial charge in [-0.2, -0.15) is 0 Å². The summed E-state index contributed by atoms with van der Waals surface area (Å²) < 4.78 is 11.0. The van der Waals surface area contributed by atoms with Gasteiger partial charge in [-0.1, -0.05) is 0 Å². The van der Waals surface area contributed by atoms with Gasteiger partial charge in [0.15, 0.2) is 5.79 Å². The van der Waals surface area contributed by atoms with Crippen LogP contribution in [0.4, 0.5) is 5.95 Å². The molecule has 1 aromatic heterocycles. The molecule has 0 aromatic carbocycles. The number of aryl methyl sites for hydroxylation is 1. The Labute approximate surface area is 95.2 Å². The minimum Gasteiger partial charge on any atom is -0.354 e. The first-order valence-electron chi connectivity index (χ1n) is 5.48. The van der Waals surface area contributed by atoms with Crippen LogP contribution in [0.5, 0.6) is 0 Å². The molecule has 0 unspecified atom stereocenters. The van der Waals surface area contributed by atoms with E-state index in [2.05, 4.69) is 15.3 Å². The second-order valence-corrected chi connectivity index (χ2v) is 4.09. The normalized spacial score (nSPS) is 18.6. The Hall–Kier alpha value is -1.20. The topological polar surface area (TPSA) is 56.3 Å². The third kappa shape index (κ3) is 2.90. The van der Waals surface area contributed by atoms with Crippen LogP contribution in [0.15, 0.2) is 12.4 Å². The molecule has 0 radical (unpaired) electrons. The highest BCUT2D eigenvalue weighted by Gasteiger charge is 2.30. The van der Waals surface area contributed by atoms with E-state index in [1.54, 1.807) is 12.4 Å². The Morgan fingerprint density at radius 3 is 2.56 bits per heavy atom. The van der Waals surface area contributed by atoms with Crippen LogP contribution >= 0.6 is 0 Å². The van der Waals surface area contributed by atoms with E-state index in [0.29, 0.717) is 19.2 Å². The maximum Gasteiger partial charge on any atom is 0.222 e. The fourth-order valence-corrected chi connectivity index (χ4v) is 1.59. The van der Waals surface area contributed by atoms with Crippen molar-refractivity contribution in [2.24, 2.45) is 0 Å². The second kappa shape index (κ2) is 4.76. The molecule has 88 valence electrons. The van der Waals surface area contributed by atoms with Gasteiger partial charge in [-0.15, -0.1) is 0 Å². The molecule has 1 aromatic rings. The molecule has 0 atom stereocenters. The average Bonchev–Trinajstić information content (AvgIpc) is 2.69. The molecule has 5 nitrogen and oxygen atoms in total. The fourth-order valence-electron chi connectivity index (χ4n) is 1.59. The SMILES string of the molecule is Cc1cnc(NCCC2(C)OCCO2)nc1. The average molecular weight is 223 g/mol. The van der Waals surface area contributed by atoms with Gasteiger partial charge in [0.25, 0.3) is 0 Å². The lowest BCUT2D eigenvalue weighted by atomic mass is 10.2. The van der Waals surface area contributed by atoms with Gasteiger partial charge in [-0.05, 0) is 19.4 Å². The van der Waals surface area contributed by atoms with Gasteiger partial charge in [0.2, 0.25) is 5.95 Å². The van der Waals surface area contributed by atoms with E-state index < -0.39 is 5.79 Å². The number of nitrogens with one attached hydrogen (secondary N) is 1. The van der Waals surface area contributed by atoms with Crippen LogP contribution in [0.25, 0.3) is 0 Å². The molecule has 0 aliphatic carbocycles. The molecule has 1 aliphatic heterocycles. The maximum atomic E-state index is 5.49. The van der Waals surface area contributed by atoms with Gasteiger partial charge in [-0.3, -0.25) is 0 Å². The van der Waals surface area contributed by atoms with Crippen LogP contribution in [0.2, 0.25) is 0 Å². The van der Waals surface area contributed by atoms with Gasteiger partial charge in [-0.25, -0.2) is 9.97 Å². The van der Waals surface area contributed by atoms with Crippen LogP contribution in [0.1, 0.15) is 18.9 Å². The summed E-state index contributed by atoms with van der Waals surface area (Å²) in [5.74, 6) is 0.199. The van der Waals surface area contributed by atoms with Gasteiger partial charge < -0.3 is 14.8 Å². The molecule has 1 saturated heterocycles. The number of hydrogen-bond acceptors (Lipinski definition) is 5. The van der Waals surface area contributed by atoms with Crippen molar-refractivity contribution in [3.05, 3.63) is 18.0 Å². The van der Waals surface area contributed by atoms with Crippen molar-refractivity contribution < 1.29 is 9.47 Å². The summed E-state index contributed by atoms with van der Waals surface area (Å²) in [4.78, 5) is 8.32. The zero-order valence-corrected chi connectivity index (χ0v) is 9.69. The van der Waals surface area contributed by atoms with Crippen LogP contribution in [-0.4, -0.2) is 35.5 Å². The Kier molecular flexibility index (Phi) is 3.36. The molecule has 0 saturated carbocycles. The van der Waals surface area contributed by atoms with E-state index >= 15 is 0 Å². The summed E-state index contributed by atoms with van der Waals surface area (Å²) in [7, 11) is 0. The standard InChI is InChI=1S/C11H17N3O2/c1-9-7-13-10(14-8-9)12-4-3-11(2)15-5-6-16-11/h7-8H,3-6H2,1-2H3,(H,12,13,14). The number of aromatic nitrogens is 2. The van der Waals surface area contributed by atoms with Crippen molar-refractivity contribution in [2.45, 2.75) is 26.1 Å². The minimum absolute atomic E-state index is 0.447. The summed E-state index contributed by atoms with van der Waals surface area (Å²) in [6.07, 6.45) is 4.36. The lowest BCUT2D eigenvalue weighted by Crippen LogP contribution is -2.28. The zero-order chi connectivity index (χ0) is 11.4. The Bertz CT molecular complexity index is 334. The number of hydrogen-bond donors (Lipinski definition) is 1. The van der Waals surface area contributed by atoms with E-state index in [9.17, 15) is 0 Å². The van der Waals surface area contributed by atoms with Gasteiger partial charge in [0.1, 0.15) is 0 Å². The molecule has 0 amide bonds. The molecular weight excluding hydrogens is 206 g/mol. The number of rotatable bonds is 4. The highest BCUT2D eigenvalue weighted by atomic mass is 16.7. The third-order valence-electron chi connectivity index (χ3n) is 2.54. The van der Waals surface area contributed by atoms with Crippen molar-refractivity contribution in [3.63, 3.8) is 0 Å². The first kappa shape index (κ1) is 11.3. The lowest BCUT2D eigenvalue weighted by Gasteiger charge is -2.22. The van der Waals surface area contributed by atoms with Crippen LogP contribution < -0.4 is 5.32 Å². The van der Waals surface area contributed by atoms with Crippen LogP contribution in [-0.2, 0) is 9.47 Å². The number of nitrogens with zero attached hydrogens (tertiary/aromatic N) is 2. The summed E-state index contributed by atoms with van der Waals surface area (Å²) in [6, 6.07) is 0. The highest BCUT2D eigenvalue weighted by molar-refractivity contribution is 5.23. The predicted octanol–water partition coefficient (Wildman–Crippen LogP) is 1.35. The molecule has 1 aliphatic rings. The molecule has 5 heteroatoms. The van der Waals surface area contributed by atoms with Crippen molar-refractivity contribution in [1.82, 2.24) is 9.97 Å². The Morgan fingerprint density at radius 2 is 1.94 bits per heavy atom. The fraction of sp³-hybridized carbons (Fsp3) is 0.636. The predicted molar refractivity (Wildman–Crippen MR) is 60.2 cm³/mol. The largest absolute Gasteiger partial charge is 0.354 e. The minimum atomic E-state index is -0.447. The van der Waals surface area contributed by atoms with E-state index in [-0.39, 0.29) is 0 Å². The summed E-state index contributed by atoms with van der Waals surface area (Å²) in [5, 5.41) is 3.14. The van der Waals surface area contributed by atoms with Crippen molar-refractivity contribution in [1.29, 1.82) is 0 Å². The molecule has 0 bridgehead atoms. The van der Waals surface area contributed by atoms with Crippen LogP contribution in [0.3, 0.4) is 0 Å². The highest BCUT2D eigenvalue weighted by Crippen LogP contribution is 2.22. The van der Waals surface area contributed by atoms with Crippen molar-refractivity contribution in [3.8, 4) is 0 Å². The van der Waals surface area contributed by atoms with Crippen molar-refractivity contribution >= 4 is 5.95 Å². The van der Waals surface area contributed by atoms with E-state index in [0.717, 1.165) is 18.5 Å². The van der Waals surface area contributed by atoms with Gasteiger partial charge >= 0.3 is 0 Å². The van der Waals surface area contributed by atoms with Gasteiger partial charge in [0, 0.05) is 25.4 Å². The van der Waals surface area contributed by atoms with E-state index in [1.165, 1.54) is 0 Å². The second-order valence-electron chi connectivity index (χ2n) is 4.09. The molecule has 2 rings (SSSR count). The molecule has 1 fully saturated rings. The van der Waals surface area contributed by atoms with Gasteiger partial charge in [0.05, 0.1) is 13.2 Å². The zero-order valence-electron chi connectivity index (χ0n) is 9.69. The maximum absolute atomic E-state index is 5.49. The summed E-state index contributed by atoms with van der Waals surface area (Å²) >= 11 is 0. The molecule has 2 heterocycles. The lowest BCUT2D eigenvalue weighted by molar-refractivity contribution is -0.144. The Balaban J connectivity index is 1.77. The molecule has 1 N–H and O–H groups in total. The van der Waals surface area contributed by atoms with E-state index in [4.69, 9.17) is 9.47 Å². The Morgan fingerprint density at radius 1 is 1.31 bits per heavy atom. The quantitative estimate of drug-likeness (QED) is 0.835. The molecule has 16 heavy (non-hydrogen) atoms. The van der Waals surface area contributed by atoms with E-state index in [1.807, 2.05) is 13.8 Å². The van der Waals surface area contributed by atoms with Crippen molar-refractivity contribution in [2.75, 3.05) is 25.1 Å². The number of anilines is 1. The molecule has 0 spiro atoms. The number of ether oxygens (including phenoxy) is 2. The molecular formula is C11H17N3O2. The first-order valence-corrected chi connectivity index (χ1v) is 5.48. The third-order valence-corrected chi connectivity index (χ3v) is 2.54. The first-order chi connectivity index (χ1) is 7.68.